The van der Waals surface area contributed by atoms with Crippen LogP contribution in [0.3, 0.4) is 0 Å². The summed E-state index contributed by atoms with van der Waals surface area (Å²) in [6, 6.07) is 13.0. The number of hydrogen-bond donors (Lipinski definition) is 1. The normalized spacial score (nSPS) is 12.2. The molecule has 1 N–H and O–H groups in total. The number of hydrogen-bond acceptors (Lipinski definition) is 2. The summed E-state index contributed by atoms with van der Waals surface area (Å²) >= 11 is 2.43. The second-order valence-electron chi connectivity index (χ2n) is 5.17. The fourth-order valence-corrected chi connectivity index (χ4v) is 3.22. The van der Waals surface area contributed by atoms with E-state index in [-0.39, 0.29) is 6.04 Å². The summed E-state index contributed by atoms with van der Waals surface area (Å²) in [5, 5.41) is 3.44. The molecule has 0 aromatic heterocycles. The van der Waals surface area contributed by atoms with Crippen molar-refractivity contribution in [1.82, 2.24) is 5.32 Å². The highest BCUT2D eigenvalue weighted by atomic mass is 127. The van der Waals surface area contributed by atoms with Crippen LogP contribution in [-0.4, -0.2) is 13.7 Å². The summed E-state index contributed by atoms with van der Waals surface area (Å²) in [5.41, 5.74) is 5.04. The lowest BCUT2D eigenvalue weighted by Crippen LogP contribution is -2.20. The standard InChI is InChI=1S/C18H22INO/c1-5-21-16-10-9-12(2)11-15(16)18(20-4)14-8-6-7-13(3)17(14)19/h6-11,18,20H,5H2,1-4H3. The van der Waals surface area contributed by atoms with Crippen LogP contribution >= 0.6 is 22.6 Å². The van der Waals surface area contributed by atoms with E-state index in [9.17, 15) is 0 Å². The molecule has 0 bridgehead atoms. The molecule has 112 valence electrons. The highest BCUT2D eigenvalue weighted by molar-refractivity contribution is 14.1. The van der Waals surface area contributed by atoms with E-state index >= 15 is 0 Å². The third-order valence-electron chi connectivity index (χ3n) is 3.60. The first-order chi connectivity index (χ1) is 10.1. The largest absolute Gasteiger partial charge is 0.494 e. The highest BCUT2D eigenvalue weighted by Gasteiger charge is 2.19. The monoisotopic (exact) mass is 395 g/mol. The van der Waals surface area contributed by atoms with Crippen LogP contribution in [0.5, 0.6) is 5.75 Å². The first-order valence-electron chi connectivity index (χ1n) is 7.24. The predicted molar refractivity (Wildman–Crippen MR) is 97.1 cm³/mol. The summed E-state index contributed by atoms with van der Waals surface area (Å²) in [6.45, 7) is 6.97. The van der Waals surface area contributed by atoms with Crippen LogP contribution in [0.15, 0.2) is 36.4 Å². The topological polar surface area (TPSA) is 21.3 Å². The Bertz CT molecular complexity index is 625. The van der Waals surface area contributed by atoms with Gasteiger partial charge in [0.25, 0.3) is 0 Å². The van der Waals surface area contributed by atoms with Gasteiger partial charge in [-0.3, -0.25) is 0 Å². The van der Waals surface area contributed by atoms with Gasteiger partial charge in [0, 0.05) is 9.13 Å². The zero-order chi connectivity index (χ0) is 15.4. The third-order valence-corrected chi connectivity index (χ3v) is 5.07. The quantitative estimate of drug-likeness (QED) is 0.747. The maximum absolute atomic E-state index is 5.82. The lowest BCUT2D eigenvalue weighted by molar-refractivity contribution is 0.334. The van der Waals surface area contributed by atoms with Gasteiger partial charge in [-0.2, -0.15) is 0 Å². The summed E-state index contributed by atoms with van der Waals surface area (Å²) in [6.07, 6.45) is 0. The van der Waals surface area contributed by atoms with E-state index in [1.54, 1.807) is 0 Å². The van der Waals surface area contributed by atoms with Crippen molar-refractivity contribution in [3.8, 4) is 5.75 Å². The Kier molecular flexibility index (Phi) is 5.65. The van der Waals surface area contributed by atoms with Crippen LogP contribution in [0.1, 0.15) is 35.2 Å². The van der Waals surface area contributed by atoms with Gasteiger partial charge >= 0.3 is 0 Å². The molecule has 0 saturated carbocycles. The summed E-state index contributed by atoms with van der Waals surface area (Å²) in [4.78, 5) is 0. The number of rotatable bonds is 5. The molecule has 0 aliphatic heterocycles. The molecule has 2 aromatic carbocycles. The minimum atomic E-state index is 0.137. The molecule has 21 heavy (non-hydrogen) atoms. The molecule has 0 amide bonds. The number of halogens is 1. The first-order valence-corrected chi connectivity index (χ1v) is 8.32. The SMILES string of the molecule is CCOc1ccc(C)cc1C(NC)c1cccc(C)c1I. The van der Waals surface area contributed by atoms with E-state index in [2.05, 4.69) is 78.2 Å². The van der Waals surface area contributed by atoms with Gasteiger partial charge in [0.1, 0.15) is 5.75 Å². The van der Waals surface area contributed by atoms with Crippen molar-refractivity contribution in [1.29, 1.82) is 0 Å². The van der Waals surface area contributed by atoms with Gasteiger partial charge in [-0.05, 0) is 67.6 Å². The van der Waals surface area contributed by atoms with Crippen LogP contribution in [0.2, 0.25) is 0 Å². The van der Waals surface area contributed by atoms with Gasteiger partial charge in [-0.1, -0.05) is 35.9 Å². The minimum Gasteiger partial charge on any atom is -0.494 e. The van der Waals surface area contributed by atoms with Crippen molar-refractivity contribution in [2.24, 2.45) is 0 Å². The van der Waals surface area contributed by atoms with E-state index in [1.807, 2.05) is 14.0 Å². The molecule has 0 fully saturated rings. The van der Waals surface area contributed by atoms with E-state index in [1.165, 1.54) is 25.8 Å². The van der Waals surface area contributed by atoms with Gasteiger partial charge in [-0.25, -0.2) is 0 Å². The van der Waals surface area contributed by atoms with E-state index in [0.29, 0.717) is 6.61 Å². The lowest BCUT2D eigenvalue weighted by atomic mass is 9.95. The molecule has 2 nitrogen and oxygen atoms in total. The van der Waals surface area contributed by atoms with Crippen LogP contribution in [0.25, 0.3) is 0 Å². The molecule has 0 heterocycles. The molecule has 0 saturated heterocycles. The number of aryl methyl sites for hydroxylation is 2. The number of ether oxygens (including phenoxy) is 1. The van der Waals surface area contributed by atoms with Crippen LogP contribution < -0.4 is 10.1 Å². The molecule has 0 spiro atoms. The van der Waals surface area contributed by atoms with Crippen molar-refractivity contribution in [2.45, 2.75) is 26.8 Å². The Morgan fingerprint density at radius 1 is 1.14 bits per heavy atom. The average Bonchev–Trinajstić information content (AvgIpc) is 2.47. The Morgan fingerprint density at radius 3 is 2.57 bits per heavy atom. The summed E-state index contributed by atoms with van der Waals surface area (Å²) in [5.74, 6) is 0.958. The van der Waals surface area contributed by atoms with Crippen molar-refractivity contribution < 1.29 is 4.74 Å². The molecule has 2 aromatic rings. The molecular weight excluding hydrogens is 373 g/mol. The van der Waals surface area contributed by atoms with Gasteiger partial charge in [0.2, 0.25) is 0 Å². The van der Waals surface area contributed by atoms with Crippen molar-refractivity contribution in [2.75, 3.05) is 13.7 Å². The fraction of sp³-hybridized carbons (Fsp3) is 0.333. The molecule has 3 heteroatoms. The summed E-state index contributed by atoms with van der Waals surface area (Å²) in [7, 11) is 2.00. The van der Waals surface area contributed by atoms with Crippen molar-refractivity contribution >= 4 is 22.6 Å². The van der Waals surface area contributed by atoms with Crippen molar-refractivity contribution in [3.05, 3.63) is 62.2 Å². The maximum atomic E-state index is 5.82. The minimum absolute atomic E-state index is 0.137. The molecule has 1 atom stereocenters. The van der Waals surface area contributed by atoms with Crippen LogP contribution in [0, 0.1) is 17.4 Å². The van der Waals surface area contributed by atoms with Gasteiger partial charge in [-0.15, -0.1) is 0 Å². The van der Waals surface area contributed by atoms with Crippen molar-refractivity contribution in [3.63, 3.8) is 0 Å². The third kappa shape index (κ3) is 3.58. The fourth-order valence-electron chi connectivity index (χ4n) is 2.55. The smallest absolute Gasteiger partial charge is 0.124 e. The summed E-state index contributed by atoms with van der Waals surface area (Å²) < 4.78 is 7.13. The second-order valence-corrected chi connectivity index (χ2v) is 6.25. The molecule has 2 rings (SSSR count). The number of nitrogens with one attached hydrogen (secondary N) is 1. The molecule has 0 radical (unpaired) electrons. The molecule has 0 aliphatic carbocycles. The highest BCUT2D eigenvalue weighted by Crippen LogP contribution is 2.33. The van der Waals surface area contributed by atoms with Crippen LogP contribution in [0.4, 0.5) is 0 Å². The molecular formula is C18H22INO. The van der Waals surface area contributed by atoms with Gasteiger partial charge < -0.3 is 10.1 Å². The zero-order valence-electron chi connectivity index (χ0n) is 13.0. The Balaban J connectivity index is 2.55. The van der Waals surface area contributed by atoms with E-state index in [0.717, 1.165) is 5.75 Å². The molecule has 0 aliphatic rings. The molecule has 1 unspecified atom stereocenters. The van der Waals surface area contributed by atoms with Gasteiger partial charge in [0.05, 0.1) is 12.6 Å². The lowest BCUT2D eigenvalue weighted by Gasteiger charge is -2.23. The Hall–Kier alpha value is -1.07. The Morgan fingerprint density at radius 2 is 1.90 bits per heavy atom. The second kappa shape index (κ2) is 7.27. The maximum Gasteiger partial charge on any atom is 0.124 e. The average molecular weight is 395 g/mol. The van der Waals surface area contributed by atoms with Crippen LogP contribution in [-0.2, 0) is 0 Å². The zero-order valence-corrected chi connectivity index (χ0v) is 15.2. The van der Waals surface area contributed by atoms with E-state index in [4.69, 9.17) is 4.74 Å². The van der Waals surface area contributed by atoms with E-state index < -0.39 is 0 Å². The number of benzene rings is 2. The van der Waals surface area contributed by atoms with Gasteiger partial charge in [0.15, 0.2) is 0 Å². The Labute approximate surface area is 141 Å². The predicted octanol–water partition coefficient (Wildman–Crippen LogP) is 4.62. The first kappa shape index (κ1) is 16.3.